The Labute approximate surface area is 119 Å². The lowest BCUT2D eigenvalue weighted by Crippen LogP contribution is -2.43. The van der Waals surface area contributed by atoms with Crippen LogP contribution < -0.4 is 5.32 Å². The Morgan fingerprint density at radius 2 is 2.35 bits per heavy atom. The van der Waals surface area contributed by atoms with Gasteiger partial charge < -0.3 is 10.4 Å². The first-order chi connectivity index (χ1) is 9.69. The molecule has 2 unspecified atom stereocenters. The maximum atomic E-state index is 10.2. The third-order valence-corrected chi connectivity index (χ3v) is 4.69. The van der Waals surface area contributed by atoms with Crippen LogP contribution in [0.5, 0.6) is 0 Å². The summed E-state index contributed by atoms with van der Waals surface area (Å²) in [6.45, 7) is 3.86. The Morgan fingerprint density at radius 3 is 3.20 bits per heavy atom. The molecule has 0 aliphatic heterocycles. The number of aliphatic hydroxyl groups is 1. The minimum atomic E-state index is -0.174. The van der Waals surface area contributed by atoms with Crippen molar-refractivity contribution in [1.82, 2.24) is 15.5 Å². The van der Waals surface area contributed by atoms with Crippen LogP contribution in [0.4, 0.5) is 0 Å². The highest BCUT2D eigenvalue weighted by Gasteiger charge is 2.34. The van der Waals surface area contributed by atoms with Crippen LogP contribution >= 0.6 is 0 Å². The molecule has 1 aromatic carbocycles. The van der Waals surface area contributed by atoms with E-state index < -0.39 is 0 Å². The van der Waals surface area contributed by atoms with Gasteiger partial charge in [-0.1, -0.05) is 38.0 Å². The second kappa shape index (κ2) is 5.54. The van der Waals surface area contributed by atoms with E-state index in [0.29, 0.717) is 0 Å². The fourth-order valence-electron chi connectivity index (χ4n) is 3.25. The molecule has 1 fully saturated rings. The molecule has 3 N–H and O–H groups in total. The molecule has 108 valence electrons. The van der Waals surface area contributed by atoms with Gasteiger partial charge in [-0.2, -0.15) is 5.10 Å². The number of benzene rings is 1. The first kappa shape index (κ1) is 13.6. The van der Waals surface area contributed by atoms with Crippen molar-refractivity contribution in [2.24, 2.45) is 5.41 Å². The summed E-state index contributed by atoms with van der Waals surface area (Å²) in [5.74, 6) is 0. The van der Waals surface area contributed by atoms with E-state index in [1.54, 1.807) is 0 Å². The molecular weight excluding hydrogens is 250 g/mol. The van der Waals surface area contributed by atoms with Gasteiger partial charge in [-0.25, -0.2) is 0 Å². The lowest BCUT2D eigenvalue weighted by molar-refractivity contribution is 0.00116. The molecule has 2 aromatic rings. The Bertz CT molecular complexity index is 580. The Morgan fingerprint density at radius 1 is 1.45 bits per heavy atom. The van der Waals surface area contributed by atoms with Gasteiger partial charge in [-0.05, 0) is 18.4 Å². The Kier molecular flexibility index (Phi) is 3.76. The van der Waals surface area contributed by atoms with Crippen LogP contribution in [0.1, 0.15) is 38.2 Å². The highest BCUT2D eigenvalue weighted by Crippen LogP contribution is 2.35. The van der Waals surface area contributed by atoms with E-state index >= 15 is 0 Å². The van der Waals surface area contributed by atoms with Gasteiger partial charge in [0.15, 0.2) is 0 Å². The normalized spacial score (nSPS) is 27.0. The Hall–Kier alpha value is -1.39. The quantitative estimate of drug-likeness (QED) is 0.802. The van der Waals surface area contributed by atoms with Gasteiger partial charge in [0.2, 0.25) is 0 Å². The van der Waals surface area contributed by atoms with Gasteiger partial charge in [0.05, 0.1) is 17.8 Å². The molecule has 1 aliphatic carbocycles. The number of para-hydroxylation sites is 1. The van der Waals surface area contributed by atoms with Crippen LogP contribution in [0.2, 0.25) is 0 Å². The minimum absolute atomic E-state index is 0.0140. The number of nitrogens with one attached hydrogen (secondary N) is 2. The molecule has 0 spiro atoms. The number of hydrogen-bond acceptors (Lipinski definition) is 3. The smallest absolute Gasteiger partial charge is 0.0695 e. The number of aromatic amines is 1. The number of rotatable bonds is 4. The van der Waals surface area contributed by atoms with Gasteiger partial charge in [-0.3, -0.25) is 5.10 Å². The van der Waals surface area contributed by atoms with Crippen LogP contribution in [0, 0.1) is 5.41 Å². The van der Waals surface area contributed by atoms with Crippen LogP contribution in [0.3, 0.4) is 0 Å². The van der Waals surface area contributed by atoms with E-state index in [2.05, 4.69) is 40.6 Å². The first-order valence-corrected chi connectivity index (χ1v) is 7.49. The first-order valence-electron chi connectivity index (χ1n) is 7.49. The Balaban J connectivity index is 1.64. The molecule has 0 radical (unpaired) electrons. The predicted octanol–water partition coefficient (Wildman–Crippen LogP) is 2.59. The van der Waals surface area contributed by atoms with Crippen molar-refractivity contribution < 1.29 is 5.11 Å². The molecule has 2 atom stereocenters. The molecule has 1 saturated carbocycles. The van der Waals surface area contributed by atoms with Gasteiger partial charge in [-0.15, -0.1) is 0 Å². The molecule has 1 heterocycles. The lowest BCUT2D eigenvalue weighted by Gasteiger charge is -2.38. The summed E-state index contributed by atoms with van der Waals surface area (Å²) in [4.78, 5) is 0. The number of aliphatic hydroxyl groups excluding tert-OH is 1. The number of fused-ring (bicyclic) bond motifs is 1. The largest absolute Gasteiger partial charge is 0.393 e. The predicted molar refractivity (Wildman–Crippen MR) is 80.4 cm³/mol. The molecule has 4 heteroatoms. The van der Waals surface area contributed by atoms with E-state index in [-0.39, 0.29) is 11.5 Å². The van der Waals surface area contributed by atoms with Crippen molar-refractivity contribution in [2.75, 3.05) is 6.54 Å². The summed E-state index contributed by atoms with van der Waals surface area (Å²) in [6, 6.07) is 6.24. The van der Waals surface area contributed by atoms with Crippen molar-refractivity contribution in [3.8, 4) is 0 Å². The van der Waals surface area contributed by atoms with Gasteiger partial charge in [0.25, 0.3) is 0 Å². The minimum Gasteiger partial charge on any atom is -0.393 e. The lowest BCUT2D eigenvalue weighted by atomic mass is 9.73. The van der Waals surface area contributed by atoms with Crippen LogP contribution in [-0.2, 0) is 6.54 Å². The van der Waals surface area contributed by atoms with Gasteiger partial charge in [0, 0.05) is 23.9 Å². The molecule has 3 rings (SSSR count). The highest BCUT2D eigenvalue weighted by molar-refractivity contribution is 5.81. The van der Waals surface area contributed by atoms with E-state index in [1.165, 1.54) is 12.0 Å². The second-order valence-electron chi connectivity index (χ2n) is 6.27. The number of hydrogen-bond donors (Lipinski definition) is 3. The summed E-state index contributed by atoms with van der Waals surface area (Å²) in [6.07, 6.45) is 6.11. The van der Waals surface area contributed by atoms with Crippen molar-refractivity contribution >= 4 is 10.9 Å². The van der Waals surface area contributed by atoms with Gasteiger partial charge >= 0.3 is 0 Å². The van der Waals surface area contributed by atoms with E-state index in [9.17, 15) is 5.11 Å². The maximum absolute atomic E-state index is 10.2. The molecule has 1 aliphatic rings. The highest BCUT2D eigenvalue weighted by atomic mass is 16.3. The summed E-state index contributed by atoms with van der Waals surface area (Å²) in [5.41, 5.74) is 2.35. The topological polar surface area (TPSA) is 60.9 Å². The third kappa shape index (κ3) is 2.58. The van der Waals surface area contributed by atoms with Crippen molar-refractivity contribution in [3.05, 3.63) is 30.0 Å². The van der Waals surface area contributed by atoms with Crippen LogP contribution in [0.25, 0.3) is 10.9 Å². The number of aromatic nitrogens is 2. The van der Waals surface area contributed by atoms with Crippen molar-refractivity contribution in [2.45, 2.75) is 45.3 Å². The monoisotopic (exact) mass is 273 g/mol. The summed E-state index contributed by atoms with van der Waals surface area (Å²) < 4.78 is 0. The maximum Gasteiger partial charge on any atom is 0.0695 e. The molecule has 4 nitrogen and oxygen atoms in total. The van der Waals surface area contributed by atoms with Crippen molar-refractivity contribution in [3.63, 3.8) is 0 Å². The van der Waals surface area contributed by atoms with E-state index in [0.717, 1.165) is 43.3 Å². The standard InChI is InChI=1S/C16H23N3O/c1-16(8-3-2-7-14(16)20)11-17-9-12-5-4-6-13-10-18-19-15(12)13/h4-6,10,14,17,20H,2-3,7-9,11H2,1H3,(H,18,19). The third-order valence-electron chi connectivity index (χ3n) is 4.69. The van der Waals surface area contributed by atoms with Gasteiger partial charge in [0.1, 0.15) is 0 Å². The molecule has 1 aromatic heterocycles. The molecule has 0 amide bonds. The van der Waals surface area contributed by atoms with Crippen LogP contribution in [0.15, 0.2) is 24.4 Å². The molecule has 20 heavy (non-hydrogen) atoms. The average Bonchev–Trinajstić information content (AvgIpc) is 2.92. The fraction of sp³-hybridized carbons (Fsp3) is 0.562. The van der Waals surface area contributed by atoms with E-state index in [1.807, 2.05) is 6.20 Å². The SMILES string of the molecule is CC1(CNCc2cccc3cn[nH]c23)CCCCC1O. The fourth-order valence-corrected chi connectivity index (χ4v) is 3.25. The summed E-state index contributed by atoms with van der Waals surface area (Å²) in [7, 11) is 0. The number of nitrogens with zero attached hydrogens (tertiary/aromatic N) is 1. The zero-order valence-corrected chi connectivity index (χ0v) is 12.0. The molecule has 0 bridgehead atoms. The number of H-pyrrole nitrogens is 1. The zero-order valence-electron chi connectivity index (χ0n) is 12.0. The summed E-state index contributed by atoms with van der Waals surface area (Å²) in [5, 5.41) is 22.0. The molecular formula is C16H23N3O. The zero-order chi connectivity index (χ0) is 14.0. The van der Waals surface area contributed by atoms with E-state index in [4.69, 9.17) is 0 Å². The van der Waals surface area contributed by atoms with Crippen molar-refractivity contribution in [1.29, 1.82) is 0 Å². The average molecular weight is 273 g/mol. The second-order valence-corrected chi connectivity index (χ2v) is 6.27. The molecule has 0 saturated heterocycles. The summed E-state index contributed by atoms with van der Waals surface area (Å²) >= 11 is 0. The van der Waals surface area contributed by atoms with Crippen LogP contribution in [-0.4, -0.2) is 28.0 Å².